The predicted octanol–water partition coefficient (Wildman–Crippen LogP) is 0.411. The van der Waals surface area contributed by atoms with Crippen molar-refractivity contribution in [1.82, 2.24) is 34.5 Å². The third-order valence-electron chi connectivity index (χ3n) is 5.90. The van der Waals surface area contributed by atoms with Crippen LogP contribution in [0.5, 0.6) is 0 Å². The molecule has 0 bridgehead atoms. The van der Waals surface area contributed by atoms with Gasteiger partial charge in [-0.25, -0.2) is 9.97 Å². The third kappa shape index (κ3) is 3.07. The molecule has 0 aliphatic carbocycles. The molecular weight excluding hydrogens is 328 g/mol. The molecule has 26 heavy (non-hydrogen) atoms. The van der Waals surface area contributed by atoms with Crippen molar-refractivity contribution >= 4 is 5.95 Å². The summed E-state index contributed by atoms with van der Waals surface area (Å²) < 4.78 is 2.34. The second-order valence-corrected chi connectivity index (χ2v) is 7.56. The van der Waals surface area contributed by atoms with Crippen molar-refractivity contribution in [3.8, 4) is 0 Å². The Balaban J connectivity index is 1.11. The summed E-state index contributed by atoms with van der Waals surface area (Å²) in [6.07, 6.45) is 7.24. The molecule has 5 heterocycles. The zero-order valence-corrected chi connectivity index (χ0v) is 15.2. The number of aryl methyl sites for hydroxylation is 1. The molecule has 3 aliphatic heterocycles. The fourth-order valence-electron chi connectivity index (χ4n) is 4.33. The number of piperazine rings is 1. The first kappa shape index (κ1) is 16.1. The highest BCUT2D eigenvalue weighted by molar-refractivity contribution is 5.29. The highest BCUT2D eigenvalue weighted by Gasteiger charge is 2.34. The Hall–Kier alpha value is -2.06. The van der Waals surface area contributed by atoms with Gasteiger partial charge in [0, 0.05) is 70.7 Å². The normalized spacial score (nSPS) is 22.2. The summed E-state index contributed by atoms with van der Waals surface area (Å²) in [5.74, 6) is 3.20. The Morgan fingerprint density at radius 2 is 1.73 bits per heavy atom. The van der Waals surface area contributed by atoms with Crippen LogP contribution < -0.4 is 4.90 Å². The maximum absolute atomic E-state index is 4.44. The van der Waals surface area contributed by atoms with Gasteiger partial charge in [0.1, 0.15) is 11.6 Å². The summed E-state index contributed by atoms with van der Waals surface area (Å²) in [5.41, 5.74) is 0. The van der Waals surface area contributed by atoms with E-state index in [1.807, 2.05) is 18.5 Å². The van der Waals surface area contributed by atoms with Crippen LogP contribution in [0.3, 0.4) is 0 Å². The number of hydrogen-bond acceptors (Lipinski definition) is 7. The smallest absolute Gasteiger partial charge is 0.225 e. The molecule has 0 unspecified atom stereocenters. The molecule has 8 heteroatoms. The Labute approximate surface area is 153 Å². The van der Waals surface area contributed by atoms with Crippen LogP contribution in [0.15, 0.2) is 18.5 Å². The summed E-state index contributed by atoms with van der Waals surface area (Å²) in [4.78, 5) is 16.1. The van der Waals surface area contributed by atoms with Gasteiger partial charge in [0.25, 0.3) is 0 Å². The molecule has 3 aliphatic rings. The van der Waals surface area contributed by atoms with Crippen molar-refractivity contribution in [3.05, 3.63) is 30.1 Å². The highest BCUT2D eigenvalue weighted by atomic mass is 15.4. The summed E-state index contributed by atoms with van der Waals surface area (Å²) >= 11 is 0. The lowest BCUT2D eigenvalue weighted by molar-refractivity contribution is 0.0231. The van der Waals surface area contributed by atoms with Gasteiger partial charge in [-0.2, -0.15) is 0 Å². The Kier molecular flexibility index (Phi) is 4.30. The second kappa shape index (κ2) is 6.92. The fraction of sp³-hybridized carbons (Fsp3) is 0.667. The minimum atomic E-state index is 0.678. The van der Waals surface area contributed by atoms with E-state index in [9.17, 15) is 0 Å². The van der Waals surface area contributed by atoms with Crippen molar-refractivity contribution in [2.24, 2.45) is 0 Å². The van der Waals surface area contributed by atoms with Gasteiger partial charge in [0.2, 0.25) is 5.95 Å². The van der Waals surface area contributed by atoms with Crippen LogP contribution in [0.1, 0.15) is 24.5 Å². The molecule has 2 aromatic heterocycles. The summed E-state index contributed by atoms with van der Waals surface area (Å²) in [6.45, 7) is 8.54. The van der Waals surface area contributed by atoms with Crippen molar-refractivity contribution in [2.75, 3.05) is 44.2 Å². The molecule has 0 atom stereocenters. The number of nitrogens with zero attached hydrogens (tertiary/aromatic N) is 8. The topological polar surface area (TPSA) is 66.2 Å². The van der Waals surface area contributed by atoms with Crippen molar-refractivity contribution in [3.63, 3.8) is 0 Å². The number of fused-ring (bicyclic) bond motifs is 1. The SMILES string of the molecule is c1cnc(N2CCN(C3CN(Cc4nnc5n4CCCC5)C3)CC2)nc1. The average molecular weight is 354 g/mol. The lowest BCUT2D eigenvalue weighted by Gasteiger charge is -2.48. The van der Waals surface area contributed by atoms with Crippen LogP contribution >= 0.6 is 0 Å². The zero-order chi connectivity index (χ0) is 17.3. The molecule has 0 aromatic carbocycles. The van der Waals surface area contributed by atoms with E-state index < -0.39 is 0 Å². The summed E-state index contributed by atoms with van der Waals surface area (Å²) in [7, 11) is 0. The van der Waals surface area contributed by atoms with Gasteiger partial charge in [-0.15, -0.1) is 10.2 Å². The van der Waals surface area contributed by atoms with E-state index in [-0.39, 0.29) is 0 Å². The first-order valence-electron chi connectivity index (χ1n) is 9.76. The Morgan fingerprint density at radius 1 is 0.923 bits per heavy atom. The van der Waals surface area contributed by atoms with Gasteiger partial charge in [-0.3, -0.25) is 9.80 Å². The number of aromatic nitrogens is 5. The number of anilines is 1. The van der Waals surface area contributed by atoms with Crippen LogP contribution in [0, 0.1) is 0 Å². The molecule has 2 saturated heterocycles. The molecule has 5 rings (SSSR count). The largest absolute Gasteiger partial charge is 0.338 e. The minimum absolute atomic E-state index is 0.678. The quantitative estimate of drug-likeness (QED) is 0.788. The molecular formula is C18H26N8. The van der Waals surface area contributed by atoms with E-state index in [1.165, 1.54) is 18.7 Å². The lowest BCUT2D eigenvalue weighted by Crippen LogP contribution is -2.62. The van der Waals surface area contributed by atoms with E-state index >= 15 is 0 Å². The van der Waals surface area contributed by atoms with Crippen molar-refractivity contribution in [2.45, 2.75) is 38.4 Å². The van der Waals surface area contributed by atoms with Crippen LogP contribution in [-0.2, 0) is 19.5 Å². The van der Waals surface area contributed by atoms with Gasteiger partial charge < -0.3 is 9.47 Å². The molecule has 0 amide bonds. The minimum Gasteiger partial charge on any atom is -0.338 e. The summed E-state index contributed by atoms with van der Waals surface area (Å²) in [5, 5.41) is 8.81. The third-order valence-corrected chi connectivity index (χ3v) is 5.90. The van der Waals surface area contributed by atoms with Gasteiger partial charge in [-0.05, 0) is 18.9 Å². The van der Waals surface area contributed by atoms with Crippen LogP contribution in [-0.4, -0.2) is 79.8 Å². The van der Waals surface area contributed by atoms with E-state index in [1.54, 1.807) is 0 Å². The highest BCUT2D eigenvalue weighted by Crippen LogP contribution is 2.21. The maximum Gasteiger partial charge on any atom is 0.225 e. The Morgan fingerprint density at radius 3 is 2.54 bits per heavy atom. The van der Waals surface area contributed by atoms with Gasteiger partial charge in [-0.1, -0.05) is 0 Å². The molecule has 8 nitrogen and oxygen atoms in total. The first-order valence-corrected chi connectivity index (χ1v) is 9.76. The molecule has 2 fully saturated rings. The fourth-order valence-corrected chi connectivity index (χ4v) is 4.33. The summed E-state index contributed by atoms with van der Waals surface area (Å²) in [6, 6.07) is 2.55. The second-order valence-electron chi connectivity index (χ2n) is 7.56. The van der Waals surface area contributed by atoms with Gasteiger partial charge >= 0.3 is 0 Å². The molecule has 0 spiro atoms. The number of hydrogen-bond donors (Lipinski definition) is 0. The van der Waals surface area contributed by atoms with Gasteiger partial charge in [0.15, 0.2) is 0 Å². The average Bonchev–Trinajstić information content (AvgIpc) is 3.08. The molecule has 0 saturated carbocycles. The van der Waals surface area contributed by atoms with Crippen LogP contribution in [0.4, 0.5) is 5.95 Å². The van der Waals surface area contributed by atoms with E-state index in [0.717, 1.165) is 70.6 Å². The van der Waals surface area contributed by atoms with E-state index in [0.29, 0.717) is 6.04 Å². The molecule has 0 N–H and O–H groups in total. The van der Waals surface area contributed by atoms with Gasteiger partial charge in [0.05, 0.1) is 6.54 Å². The Bertz CT molecular complexity index is 731. The van der Waals surface area contributed by atoms with Crippen LogP contribution in [0.2, 0.25) is 0 Å². The molecule has 138 valence electrons. The van der Waals surface area contributed by atoms with Crippen LogP contribution in [0.25, 0.3) is 0 Å². The lowest BCUT2D eigenvalue weighted by atomic mass is 10.1. The van der Waals surface area contributed by atoms with Crippen molar-refractivity contribution < 1.29 is 0 Å². The first-order chi connectivity index (χ1) is 12.9. The monoisotopic (exact) mass is 354 g/mol. The zero-order valence-electron chi connectivity index (χ0n) is 15.2. The van der Waals surface area contributed by atoms with E-state index in [4.69, 9.17) is 0 Å². The standard InChI is InChI=1S/C18H26N8/c1-2-7-26-16(4-1)21-22-17(26)14-23-12-15(13-23)24-8-10-25(11-9-24)18-19-5-3-6-20-18/h3,5-6,15H,1-2,4,7-14H2. The number of likely N-dealkylation sites (tertiary alicyclic amines) is 1. The molecule has 0 radical (unpaired) electrons. The number of rotatable bonds is 4. The van der Waals surface area contributed by atoms with E-state index in [2.05, 4.69) is 39.4 Å². The predicted molar refractivity (Wildman–Crippen MR) is 97.8 cm³/mol. The molecule has 2 aromatic rings. The van der Waals surface area contributed by atoms with Crippen molar-refractivity contribution in [1.29, 1.82) is 0 Å². The maximum atomic E-state index is 4.44.